The van der Waals surface area contributed by atoms with E-state index in [1.165, 1.54) is 12.1 Å². The normalized spacial score (nSPS) is 12.5. The topological polar surface area (TPSA) is 98.5 Å². The Morgan fingerprint density at radius 2 is 1.92 bits per heavy atom. The number of amides is 1. The van der Waals surface area contributed by atoms with Crippen molar-refractivity contribution in [1.82, 2.24) is 5.32 Å². The minimum atomic E-state index is -3.78. The molecule has 0 bridgehead atoms. The second-order valence-corrected chi connectivity index (χ2v) is 7.63. The van der Waals surface area contributed by atoms with Crippen molar-refractivity contribution >= 4 is 31.9 Å². The monoisotopic (exact) mass is 412 g/mol. The van der Waals surface area contributed by atoms with Crippen molar-refractivity contribution < 1.29 is 17.9 Å². The van der Waals surface area contributed by atoms with Gasteiger partial charge in [0, 0.05) is 4.47 Å². The van der Waals surface area contributed by atoms with E-state index < -0.39 is 10.0 Å². The summed E-state index contributed by atoms with van der Waals surface area (Å²) in [6.07, 6.45) is 0. The van der Waals surface area contributed by atoms with Gasteiger partial charge in [-0.05, 0) is 48.9 Å². The number of hydrogen-bond donors (Lipinski definition) is 2. The Kier molecular flexibility index (Phi) is 5.98. The Bertz CT molecular complexity index is 822. The number of halogens is 1. The van der Waals surface area contributed by atoms with E-state index in [1.807, 2.05) is 12.1 Å². The molecule has 1 unspecified atom stereocenters. The molecule has 2 rings (SSSR count). The molecule has 0 aliphatic heterocycles. The summed E-state index contributed by atoms with van der Waals surface area (Å²) in [5.74, 6) is 0.267. The molecular weight excluding hydrogens is 396 g/mol. The summed E-state index contributed by atoms with van der Waals surface area (Å²) in [5, 5.41) is 7.86. The number of nitrogens with one attached hydrogen (secondary N) is 1. The zero-order chi connectivity index (χ0) is 17.7. The van der Waals surface area contributed by atoms with Gasteiger partial charge in [0.2, 0.25) is 10.0 Å². The maximum Gasteiger partial charge on any atom is 0.258 e. The quantitative estimate of drug-likeness (QED) is 0.760. The number of hydrogen-bond acceptors (Lipinski definition) is 4. The van der Waals surface area contributed by atoms with E-state index in [9.17, 15) is 13.2 Å². The van der Waals surface area contributed by atoms with Crippen LogP contribution in [0.4, 0.5) is 0 Å². The van der Waals surface area contributed by atoms with Gasteiger partial charge in [0.25, 0.3) is 5.91 Å². The van der Waals surface area contributed by atoms with E-state index in [1.54, 1.807) is 31.2 Å². The van der Waals surface area contributed by atoms with Crippen molar-refractivity contribution in [2.24, 2.45) is 5.14 Å². The van der Waals surface area contributed by atoms with Gasteiger partial charge in [-0.1, -0.05) is 28.1 Å². The van der Waals surface area contributed by atoms with Crippen LogP contribution in [0.1, 0.15) is 18.5 Å². The van der Waals surface area contributed by atoms with Crippen molar-refractivity contribution in [3.05, 3.63) is 58.6 Å². The highest BCUT2D eigenvalue weighted by molar-refractivity contribution is 9.10. The lowest BCUT2D eigenvalue weighted by molar-refractivity contribution is -0.123. The second-order valence-electron chi connectivity index (χ2n) is 5.15. The molecular formula is C16H17BrN2O4S. The predicted octanol–water partition coefficient (Wildman–Crippen LogP) is 2.35. The Balaban J connectivity index is 1.95. The fourth-order valence-corrected chi connectivity index (χ4v) is 2.84. The molecule has 0 heterocycles. The molecule has 0 aliphatic rings. The van der Waals surface area contributed by atoms with Crippen LogP contribution < -0.4 is 15.2 Å². The smallest absolute Gasteiger partial charge is 0.258 e. The molecule has 8 heteroatoms. The minimum Gasteiger partial charge on any atom is -0.484 e. The molecule has 0 fully saturated rings. The third-order valence-electron chi connectivity index (χ3n) is 3.25. The summed E-state index contributed by atoms with van der Waals surface area (Å²) in [6, 6.07) is 12.9. The molecule has 0 aromatic heterocycles. The van der Waals surface area contributed by atoms with E-state index in [4.69, 9.17) is 9.88 Å². The molecule has 0 radical (unpaired) electrons. The van der Waals surface area contributed by atoms with Gasteiger partial charge in [0.05, 0.1) is 10.9 Å². The zero-order valence-corrected chi connectivity index (χ0v) is 15.3. The molecule has 0 saturated carbocycles. The summed E-state index contributed by atoms with van der Waals surface area (Å²) >= 11 is 3.32. The third kappa shape index (κ3) is 5.33. The molecule has 0 saturated heterocycles. The molecule has 0 aliphatic carbocycles. The highest BCUT2D eigenvalue weighted by Gasteiger charge is 2.13. The summed E-state index contributed by atoms with van der Waals surface area (Å²) in [7, 11) is -3.78. The Labute approximate surface area is 149 Å². The minimum absolute atomic E-state index is 0.00668. The number of nitrogens with two attached hydrogens (primary N) is 1. The highest BCUT2D eigenvalue weighted by Crippen LogP contribution is 2.18. The Morgan fingerprint density at radius 3 is 2.54 bits per heavy atom. The van der Waals surface area contributed by atoms with Crippen LogP contribution in [0.2, 0.25) is 0 Å². The van der Waals surface area contributed by atoms with Gasteiger partial charge < -0.3 is 10.1 Å². The lowest BCUT2D eigenvalue weighted by Crippen LogP contribution is -2.31. The predicted molar refractivity (Wildman–Crippen MR) is 94.0 cm³/mol. The lowest BCUT2D eigenvalue weighted by Gasteiger charge is -2.15. The molecule has 3 N–H and O–H groups in total. The van der Waals surface area contributed by atoms with Gasteiger partial charge >= 0.3 is 0 Å². The Morgan fingerprint density at radius 1 is 1.25 bits per heavy atom. The number of ether oxygens (including phenoxy) is 1. The molecule has 24 heavy (non-hydrogen) atoms. The number of carbonyl (C=O) groups is 1. The van der Waals surface area contributed by atoms with Crippen LogP contribution in [0.3, 0.4) is 0 Å². The number of benzene rings is 2. The van der Waals surface area contributed by atoms with Gasteiger partial charge in [-0.25, -0.2) is 13.6 Å². The molecule has 2 aromatic rings. The van der Waals surface area contributed by atoms with E-state index in [0.717, 1.165) is 4.47 Å². The van der Waals surface area contributed by atoms with Crippen LogP contribution in [0.15, 0.2) is 57.9 Å². The maximum atomic E-state index is 12.0. The molecule has 6 nitrogen and oxygen atoms in total. The van der Waals surface area contributed by atoms with E-state index >= 15 is 0 Å². The first kappa shape index (κ1) is 18.4. The number of sulfonamides is 1. The highest BCUT2D eigenvalue weighted by atomic mass is 79.9. The Hall–Kier alpha value is -1.90. The number of carbonyl (C=O) groups excluding carboxylic acids is 1. The first-order valence-electron chi connectivity index (χ1n) is 7.06. The molecule has 1 amide bonds. The van der Waals surface area contributed by atoms with E-state index in [0.29, 0.717) is 11.3 Å². The molecule has 2 aromatic carbocycles. The second kappa shape index (κ2) is 7.78. The maximum absolute atomic E-state index is 12.0. The average molecular weight is 413 g/mol. The SMILES string of the molecule is CC(NC(=O)COc1ccc(Br)cc1)c1cccc(S(N)(=O)=O)c1. The summed E-state index contributed by atoms with van der Waals surface area (Å²) in [5.41, 5.74) is 0.638. The zero-order valence-electron chi connectivity index (χ0n) is 12.9. The number of rotatable bonds is 6. The van der Waals surface area contributed by atoms with Crippen molar-refractivity contribution in [1.29, 1.82) is 0 Å². The summed E-state index contributed by atoms with van der Waals surface area (Å²) in [6.45, 7) is 1.61. The number of primary sulfonamides is 1. The third-order valence-corrected chi connectivity index (χ3v) is 4.69. The van der Waals surface area contributed by atoms with Crippen LogP contribution in [-0.4, -0.2) is 20.9 Å². The van der Waals surface area contributed by atoms with Crippen molar-refractivity contribution in [3.8, 4) is 5.75 Å². The average Bonchev–Trinajstić information content (AvgIpc) is 2.53. The fraction of sp³-hybridized carbons (Fsp3) is 0.188. The van der Waals surface area contributed by atoms with Crippen LogP contribution in [0.5, 0.6) is 5.75 Å². The van der Waals surface area contributed by atoms with Crippen LogP contribution in [0, 0.1) is 0 Å². The van der Waals surface area contributed by atoms with Crippen LogP contribution in [0.25, 0.3) is 0 Å². The molecule has 128 valence electrons. The van der Waals surface area contributed by atoms with Crippen molar-refractivity contribution in [2.75, 3.05) is 6.61 Å². The largest absolute Gasteiger partial charge is 0.484 e. The van der Waals surface area contributed by atoms with Gasteiger partial charge in [-0.15, -0.1) is 0 Å². The lowest BCUT2D eigenvalue weighted by atomic mass is 10.1. The summed E-state index contributed by atoms with van der Waals surface area (Å²) in [4.78, 5) is 12.0. The first-order chi connectivity index (χ1) is 11.3. The van der Waals surface area contributed by atoms with Crippen LogP contribution in [-0.2, 0) is 14.8 Å². The van der Waals surface area contributed by atoms with Gasteiger partial charge in [0.15, 0.2) is 6.61 Å². The van der Waals surface area contributed by atoms with Gasteiger partial charge in [-0.3, -0.25) is 4.79 Å². The summed E-state index contributed by atoms with van der Waals surface area (Å²) < 4.78 is 29.1. The van der Waals surface area contributed by atoms with Crippen molar-refractivity contribution in [3.63, 3.8) is 0 Å². The van der Waals surface area contributed by atoms with Gasteiger partial charge in [0.1, 0.15) is 5.75 Å². The fourth-order valence-electron chi connectivity index (χ4n) is 2.01. The van der Waals surface area contributed by atoms with Gasteiger partial charge in [-0.2, -0.15) is 0 Å². The molecule has 1 atom stereocenters. The van der Waals surface area contributed by atoms with E-state index in [-0.39, 0.29) is 23.5 Å². The van der Waals surface area contributed by atoms with Crippen LogP contribution >= 0.6 is 15.9 Å². The first-order valence-corrected chi connectivity index (χ1v) is 9.40. The van der Waals surface area contributed by atoms with Crippen molar-refractivity contribution in [2.45, 2.75) is 17.9 Å². The standard InChI is InChI=1S/C16H17BrN2O4S/c1-11(12-3-2-4-15(9-12)24(18,21)22)19-16(20)10-23-14-7-5-13(17)6-8-14/h2-9,11H,10H2,1H3,(H,19,20)(H2,18,21,22). The molecule has 0 spiro atoms. The van der Waals surface area contributed by atoms with E-state index in [2.05, 4.69) is 21.2 Å².